The highest BCUT2D eigenvalue weighted by Gasteiger charge is 2.22. The molecule has 1 heterocycles. The highest BCUT2D eigenvalue weighted by molar-refractivity contribution is 8.13. The summed E-state index contributed by atoms with van der Waals surface area (Å²) in [6.45, 7) is 0.858. The number of cyclic esters (lactones) is 1. The molecule has 5 nitrogen and oxygen atoms in total. The van der Waals surface area contributed by atoms with Gasteiger partial charge in [0.15, 0.2) is 0 Å². The van der Waals surface area contributed by atoms with Crippen molar-refractivity contribution in [3.8, 4) is 0 Å². The van der Waals surface area contributed by atoms with Crippen LogP contribution in [0, 0.1) is 0 Å². The third kappa shape index (κ3) is 2.86. The third-order valence-corrected chi connectivity index (χ3v) is 2.58. The van der Waals surface area contributed by atoms with E-state index >= 15 is 0 Å². The van der Waals surface area contributed by atoms with Crippen molar-refractivity contribution in [2.24, 2.45) is 0 Å². The molecule has 1 amide bonds. The molecule has 0 aromatic heterocycles. The third-order valence-electron chi connectivity index (χ3n) is 1.45. The minimum atomic E-state index is -3.51. The lowest BCUT2D eigenvalue weighted by Crippen LogP contribution is -2.28. The van der Waals surface area contributed by atoms with E-state index in [4.69, 9.17) is 10.7 Å². The van der Waals surface area contributed by atoms with Crippen LogP contribution in [0.4, 0.5) is 4.79 Å². The van der Waals surface area contributed by atoms with Crippen LogP contribution in [0.5, 0.6) is 0 Å². The van der Waals surface area contributed by atoms with E-state index < -0.39 is 15.1 Å². The summed E-state index contributed by atoms with van der Waals surface area (Å²) in [5, 5.41) is 0. The second-order valence-corrected chi connectivity index (χ2v) is 5.24. The van der Waals surface area contributed by atoms with Crippen molar-refractivity contribution in [1.82, 2.24) is 4.90 Å². The van der Waals surface area contributed by atoms with Gasteiger partial charge in [0.25, 0.3) is 0 Å². The zero-order valence-corrected chi connectivity index (χ0v) is 7.77. The van der Waals surface area contributed by atoms with E-state index in [1.807, 2.05) is 0 Å². The maximum Gasteiger partial charge on any atom is 0.409 e. The SMILES string of the molecule is O=C1OCCN1CCS(=O)(=O)Cl. The number of amides is 1. The second kappa shape index (κ2) is 3.49. The lowest BCUT2D eigenvalue weighted by Gasteiger charge is -2.09. The highest BCUT2D eigenvalue weighted by Crippen LogP contribution is 2.04. The fourth-order valence-corrected chi connectivity index (χ4v) is 1.49. The van der Waals surface area contributed by atoms with Crippen molar-refractivity contribution in [3.05, 3.63) is 0 Å². The molecule has 0 atom stereocenters. The highest BCUT2D eigenvalue weighted by atomic mass is 35.7. The van der Waals surface area contributed by atoms with Crippen molar-refractivity contribution < 1.29 is 17.9 Å². The summed E-state index contributed by atoms with van der Waals surface area (Å²) < 4.78 is 25.5. The normalized spacial score (nSPS) is 18.1. The van der Waals surface area contributed by atoms with Crippen molar-refractivity contribution in [3.63, 3.8) is 0 Å². The first-order chi connectivity index (χ1) is 5.49. The summed E-state index contributed by atoms with van der Waals surface area (Å²) in [6, 6.07) is 0. The molecule has 0 unspecified atom stereocenters. The fraction of sp³-hybridized carbons (Fsp3) is 0.800. The number of carbonyl (C=O) groups excluding carboxylic acids is 1. The van der Waals surface area contributed by atoms with Crippen LogP contribution >= 0.6 is 10.7 Å². The summed E-state index contributed by atoms with van der Waals surface area (Å²) in [5.74, 6) is -0.232. The van der Waals surface area contributed by atoms with Crippen LogP contribution in [-0.4, -0.2) is 44.9 Å². The Kier molecular flexibility index (Phi) is 2.79. The molecule has 0 aliphatic carbocycles. The monoisotopic (exact) mass is 213 g/mol. The molecule has 1 saturated heterocycles. The summed E-state index contributed by atoms with van der Waals surface area (Å²) in [7, 11) is 1.44. The number of nitrogens with zero attached hydrogens (tertiary/aromatic N) is 1. The van der Waals surface area contributed by atoms with Crippen LogP contribution in [0.1, 0.15) is 0 Å². The Labute approximate surface area is 74.7 Å². The van der Waals surface area contributed by atoms with Crippen molar-refractivity contribution in [2.75, 3.05) is 25.4 Å². The molecule has 12 heavy (non-hydrogen) atoms. The van der Waals surface area contributed by atoms with Gasteiger partial charge in [-0.2, -0.15) is 0 Å². The largest absolute Gasteiger partial charge is 0.448 e. The Morgan fingerprint density at radius 1 is 1.58 bits per heavy atom. The topological polar surface area (TPSA) is 63.7 Å². The number of carbonyl (C=O) groups is 1. The van der Waals surface area contributed by atoms with Gasteiger partial charge in [0.05, 0.1) is 12.3 Å². The number of hydrogen-bond donors (Lipinski definition) is 0. The predicted molar refractivity (Wildman–Crippen MR) is 42.6 cm³/mol. The van der Waals surface area contributed by atoms with E-state index in [-0.39, 0.29) is 12.3 Å². The van der Waals surface area contributed by atoms with Crippen LogP contribution in [-0.2, 0) is 13.8 Å². The Morgan fingerprint density at radius 3 is 2.67 bits per heavy atom. The van der Waals surface area contributed by atoms with E-state index in [9.17, 15) is 13.2 Å². The Hall–Kier alpha value is -0.490. The average molecular weight is 214 g/mol. The molecule has 7 heteroatoms. The summed E-state index contributed by atoms with van der Waals surface area (Å²) in [4.78, 5) is 12.1. The Balaban J connectivity index is 2.37. The lowest BCUT2D eigenvalue weighted by atomic mass is 10.6. The van der Waals surface area contributed by atoms with E-state index in [0.717, 1.165) is 0 Å². The first-order valence-electron chi connectivity index (χ1n) is 3.33. The Morgan fingerprint density at radius 2 is 2.25 bits per heavy atom. The fourth-order valence-electron chi connectivity index (χ4n) is 0.848. The molecule has 0 N–H and O–H groups in total. The predicted octanol–water partition coefficient (Wildman–Crippen LogP) is 0.00720. The zero-order valence-electron chi connectivity index (χ0n) is 6.19. The van der Waals surface area contributed by atoms with Gasteiger partial charge in [-0.25, -0.2) is 13.2 Å². The van der Waals surface area contributed by atoms with Crippen LogP contribution in [0.3, 0.4) is 0 Å². The maximum absolute atomic E-state index is 10.8. The van der Waals surface area contributed by atoms with Crippen LogP contribution < -0.4 is 0 Å². The van der Waals surface area contributed by atoms with Gasteiger partial charge in [-0.3, -0.25) is 0 Å². The van der Waals surface area contributed by atoms with E-state index in [0.29, 0.717) is 13.2 Å². The van der Waals surface area contributed by atoms with Gasteiger partial charge in [-0.05, 0) is 0 Å². The molecule has 0 spiro atoms. The van der Waals surface area contributed by atoms with Crippen molar-refractivity contribution in [2.45, 2.75) is 0 Å². The van der Waals surface area contributed by atoms with Gasteiger partial charge in [-0.1, -0.05) is 0 Å². The average Bonchev–Trinajstić information content (AvgIpc) is 2.29. The number of hydrogen-bond acceptors (Lipinski definition) is 4. The van der Waals surface area contributed by atoms with Crippen LogP contribution in [0.25, 0.3) is 0 Å². The van der Waals surface area contributed by atoms with Gasteiger partial charge in [0, 0.05) is 17.2 Å². The quantitative estimate of drug-likeness (QED) is 0.620. The minimum absolute atomic E-state index is 0.102. The number of rotatable bonds is 3. The van der Waals surface area contributed by atoms with Crippen LogP contribution in [0.2, 0.25) is 0 Å². The maximum atomic E-state index is 10.8. The molecule has 0 radical (unpaired) electrons. The summed E-state index contributed by atoms with van der Waals surface area (Å²) in [6.07, 6.45) is -0.477. The molecular weight excluding hydrogens is 206 g/mol. The lowest BCUT2D eigenvalue weighted by molar-refractivity contribution is 0.160. The van der Waals surface area contributed by atoms with Crippen molar-refractivity contribution >= 4 is 25.8 Å². The summed E-state index contributed by atoms with van der Waals surface area (Å²) >= 11 is 0. The van der Waals surface area contributed by atoms with Crippen LogP contribution in [0.15, 0.2) is 0 Å². The molecule has 0 saturated carbocycles. The van der Waals surface area contributed by atoms with E-state index in [1.54, 1.807) is 0 Å². The van der Waals surface area contributed by atoms with E-state index in [1.165, 1.54) is 4.90 Å². The molecule has 1 rings (SSSR count). The number of ether oxygens (including phenoxy) is 1. The van der Waals surface area contributed by atoms with Gasteiger partial charge in [-0.15, -0.1) is 0 Å². The molecule has 0 bridgehead atoms. The Bertz CT molecular complexity index is 275. The molecule has 0 aromatic rings. The van der Waals surface area contributed by atoms with Gasteiger partial charge in [0.1, 0.15) is 6.61 Å². The molecule has 1 fully saturated rings. The molecule has 1 aliphatic rings. The molecular formula is C5H8ClNO4S. The first-order valence-corrected chi connectivity index (χ1v) is 5.81. The second-order valence-electron chi connectivity index (χ2n) is 2.34. The van der Waals surface area contributed by atoms with Gasteiger partial charge >= 0.3 is 6.09 Å². The van der Waals surface area contributed by atoms with Crippen molar-refractivity contribution in [1.29, 1.82) is 0 Å². The smallest absolute Gasteiger partial charge is 0.409 e. The van der Waals surface area contributed by atoms with Gasteiger partial charge in [0.2, 0.25) is 9.05 Å². The molecule has 0 aromatic carbocycles. The molecule has 1 aliphatic heterocycles. The molecule has 70 valence electrons. The first kappa shape index (κ1) is 9.60. The standard InChI is InChI=1S/C5H8ClNO4S/c6-12(9,10)4-2-7-1-3-11-5(7)8/h1-4H2. The number of halogens is 1. The minimum Gasteiger partial charge on any atom is -0.448 e. The summed E-state index contributed by atoms with van der Waals surface area (Å²) in [5.41, 5.74) is 0. The van der Waals surface area contributed by atoms with E-state index in [2.05, 4.69) is 4.74 Å². The van der Waals surface area contributed by atoms with Gasteiger partial charge < -0.3 is 9.64 Å². The zero-order chi connectivity index (χ0) is 9.19.